The second kappa shape index (κ2) is 14.6. The Kier molecular flexibility index (Phi) is 8.28. The van der Waals surface area contributed by atoms with E-state index in [4.69, 9.17) is 19.4 Å². The van der Waals surface area contributed by atoms with Crippen molar-refractivity contribution in [2.24, 2.45) is 0 Å². The summed E-state index contributed by atoms with van der Waals surface area (Å²) < 4.78 is 9.33. The van der Waals surface area contributed by atoms with E-state index in [0.717, 1.165) is 50.7 Å². The SMILES string of the molecule is c1ccc(-c2nc(-c3ccccc3)nc(-c3cccc4oc5c(C6Cc7ccccc7-c7cc(-c8ccc9c(c8)c8ccccc8n9-c8ccccc8)ccc76)cccc5c34)n2)cc1. The Morgan fingerprint density at radius 1 is 0.406 bits per heavy atom. The minimum absolute atomic E-state index is 0.0736. The lowest BCUT2D eigenvalue weighted by Gasteiger charge is -2.29. The number of hydrogen-bond donors (Lipinski definition) is 0. The summed E-state index contributed by atoms with van der Waals surface area (Å²) in [5, 5.41) is 4.54. The molecule has 64 heavy (non-hydrogen) atoms. The van der Waals surface area contributed by atoms with Crippen molar-refractivity contribution >= 4 is 43.7 Å². The molecule has 1 aliphatic carbocycles. The van der Waals surface area contributed by atoms with Gasteiger partial charge in [-0.3, -0.25) is 0 Å². The van der Waals surface area contributed by atoms with Crippen LogP contribution in [0.3, 0.4) is 0 Å². The van der Waals surface area contributed by atoms with Gasteiger partial charge in [-0.25, -0.2) is 15.0 Å². The van der Waals surface area contributed by atoms with Crippen LogP contribution in [-0.2, 0) is 6.42 Å². The van der Waals surface area contributed by atoms with Gasteiger partial charge in [-0.2, -0.15) is 0 Å². The highest BCUT2D eigenvalue weighted by Gasteiger charge is 2.30. The summed E-state index contributed by atoms with van der Waals surface area (Å²) in [5.74, 6) is 1.94. The number of aromatic nitrogens is 4. The summed E-state index contributed by atoms with van der Waals surface area (Å²) in [7, 11) is 0. The molecule has 5 nitrogen and oxygen atoms in total. The number of rotatable bonds is 6. The lowest BCUT2D eigenvalue weighted by molar-refractivity contribution is 0.654. The van der Waals surface area contributed by atoms with Crippen LogP contribution in [0.1, 0.15) is 22.6 Å². The monoisotopic (exact) mass is 818 g/mol. The van der Waals surface area contributed by atoms with Crippen LogP contribution in [-0.4, -0.2) is 19.5 Å². The van der Waals surface area contributed by atoms with Crippen molar-refractivity contribution in [3.63, 3.8) is 0 Å². The molecule has 3 heterocycles. The molecule has 0 N–H and O–H groups in total. The largest absolute Gasteiger partial charge is 0.456 e. The van der Waals surface area contributed by atoms with Gasteiger partial charge in [0.15, 0.2) is 17.5 Å². The number of furan rings is 1. The molecule has 0 fully saturated rings. The zero-order valence-electron chi connectivity index (χ0n) is 34.7. The van der Waals surface area contributed by atoms with E-state index in [9.17, 15) is 0 Å². The summed E-state index contributed by atoms with van der Waals surface area (Å²) >= 11 is 0. The van der Waals surface area contributed by atoms with Crippen molar-refractivity contribution in [3.05, 3.63) is 229 Å². The first-order valence-electron chi connectivity index (χ1n) is 21.9. The van der Waals surface area contributed by atoms with Crippen molar-refractivity contribution in [2.45, 2.75) is 12.3 Å². The number of benzene rings is 9. The van der Waals surface area contributed by atoms with Gasteiger partial charge >= 0.3 is 0 Å². The normalized spacial score (nSPS) is 13.4. The molecule has 5 heteroatoms. The highest BCUT2D eigenvalue weighted by atomic mass is 16.3. The standard InChI is InChI=1S/C59H38N4O/c1-4-16-37(17-5-1)57-60-58(38-18-6-2-7-19-38)62-59(61-57)48-27-15-29-54-55(48)47-26-14-25-46(56(47)64-54)50-36-41-20-10-11-23-43(41)49-34-39(30-32-44(49)50)40-31-33-53-51(35-40)45-24-12-13-28-52(45)63(53)42-21-8-3-9-22-42/h1-35,50H,36H2. The van der Waals surface area contributed by atoms with Gasteiger partial charge in [0, 0.05) is 55.4 Å². The predicted molar refractivity (Wildman–Crippen MR) is 261 cm³/mol. The first-order valence-corrected chi connectivity index (χ1v) is 21.9. The van der Waals surface area contributed by atoms with Crippen molar-refractivity contribution in [1.82, 2.24) is 19.5 Å². The first kappa shape index (κ1) is 36.3. The molecule has 1 aliphatic rings. The van der Waals surface area contributed by atoms with Gasteiger partial charge in [0.1, 0.15) is 11.2 Å². The molecule has 1 unspecified atom stereocenters. The molecule has 300 valence electrons. The van der Waals surface area contributed by atoms with Gasteiger partial charge < -0.3 is 8.98 Å². The predicted octanol–water partition coefficient (Wildman–Crippen LogP) is 14.9. The second-order valence-corrected chi connectivity index (χ2v) is 16.7. The molecule has 13 rings (SSSR count). The summed E-state index contributed by atoms with van der Waals surface area (Å²) in [4.78, 5) is 15.2. The highest BCUT2D eigenvalue weighted by Crippen LogP contribution is 2.48. The summed E-state index contributed by atoms with van der Waals surface area (Å²) in [6.45, 7) is 0. The van der Waals surface area contributed by atoms with Gasteiger partial charge in [-0.15, -0.1) is 0 Å². The molecule has 0 bridgehead atoms. The Labute approximate surface area is 369 Å². The average Bonchev–Trinajstić information content (AvgIpc) is 3.92. The maximum atomic E-state index is 6.96. The van der Waals surface area contributed by atoms with Crippen LogP contribution in [0.5, 0.6) is 0 Å². The van der Waals surface area contributed by atoms with Gasteiger partial charge in [0.05, 0.1) is 11.0 Å². The van der Waals surface area contributed by atoms with E-state index >= 15 is 0 Å². The van der Waals surface area contributed by atoms with E-state index in [1.54, 1.807) is 0 Å². The van der Waals surface area contributed by atoms with Gasteiger partial charge in [0.2, 0.25) is 0 Å². The van der Waals surface area contributed by atoms with Crippen LogP contribution >= 0.6 is 0 Å². The van der Waals surface area contributed by atoms with Crippen LogP contribution in [0.15, 0.2) is 217 Å². The first-order chi connectivity index (χ1) is 31.7. The molecule has 0 saturated carbocycles. The molecule has 0 saturated heterocycles. The number of fused-ring (bicyclic) bond motifs is 9. The smallest absolute Gasteiger partial charge is 0.164 e. The molecular formula is C59H38N4O. The van der Waals surface area contributed by atoms with Crippen LogP contribution in [0, 0.1) is 0 Å². The maximum absolute atomic E-state index is 6.96. The zero-order chi connectivity index (χ0) is 42.1. The lowest BCUT2D eigenvalue weighted by atomic mass is 9.74. The quantitative estimate of drug-likeness (QED) is 0.168. The zero-order valence-corrected chi connectivity index (χ0v) is 34.7. The van der Waals surface area contributed by atoms with E-state index in [2.05, 4.69) is 150 Å². The van der Waals surface area contributed by atoms with Gasteiger partial charge in [-0.1, -0.05) is 170 Å². The summed E-state index contributed by atoms with van der Waals surface area (Å²) in [6, 6.07) is 75.3. The van der Waals surface area contributed by atoms with E-state index in [1.807, 2.05) is 66.7 Å². The van der Waals surface area contributed by atoms with Crippen molar-refractivity contribution in [1.29, 1.82) is 0 Å². The fourth-order valence-corrected chi connectivity index (χ4v) is 10.1. The van der Waals surface area contributed by atoms with E-state index < -0.39 is 0 Å². The third-order valence-electron chi connectivity index (χ3n) is 13.0. The van der Waals surface area contributed by atoms with Crippen molar-refractivity contribution < 1.29 is 4.42 Å². The van der Waals surface area contributed by atoms with Crippen LogP contribution < -0.4 is 0 Å². The minimum Gasteiger partial charge on any atom is -0.456 e. The third-order valence-corrected chi connectivity index (χ3v) is 13.0. The Hall–Kier alpha value is -8.41. The molecule has 9 aromatic carbocycles. The van der Waals surface area contributed by atoms with Crippen molar-refractivity contribution in [3.8, 4) is 62.1 Å². The minimum atomic E-state index is 0.0736. The topological polar surface area (TPSA) is 56.7 Å². The van der Waals surface area contributed by atoms with E-state index in [1.165, 1.54) is 60.8 Å². The lowest BCUT2D eigenvalue weighted by Crippen LogP contribution is -2.13. The van der Waals surface area contributed by atoms with Crippen LogP contribution in [0.4, 0.5) is 0 Å². The molecule has 0 amide bonds. The fraction of sp³-hybridized carbons (Fsp3) is 0.0339. The molecule has 1 atom stereocenters. The van der Waals surface area contributed by atoms with E-state index in [-0.39, 0.29) is 5.92 Å². The number of nitrogens with zero attached hydrogens (tertiary/aromatic N) is 4. The Morgan fingerprint density at radius 3 is 1.81 bits per heavy atom. The maximum Gasteiger partial charge on any atom is 0.164 e. The Bertz CT molecular complexity index is 3700. The number of hydrogen-bond acceptors (Lipinski definition) is 4. The summed E-state index contributed by atoms with van der Waals surface area (Å²) in [6.07, 6.45) is 0.866. The third kappa shape index (κ3) is 5.82. The van der Waals surface area contributed by atoms with E-state index in [0.29, 0.717) is 17.5 Å². The molecular weight excluding hydrogens is 781 g/mol. The Morgan fingerprint density at radius 2 is 1.02 bits per heavy atom. The van der Waals surface area contributed by atoms with Crippen molar-refractivity contribution in [2.75, 3.05) is 0 Å². The molecule has 3 aromatic heterocycles. The molecule has 12 aromatic rings. The molecule has 0 aliphatic heterocycles. The Balaban J connectivity index is 0.952. The summed E-state index contributed by atoms with van der Waals surface area (Å²) in [5.41, 5.74) is 16.8. The van der Waals surface area contributed by atoms with Gasteiger partial charge in [0.25, 0.3) is 0 Å². The fourth-order valence-electron chi connectivity index (χ4n) is 10.1. The molecule has 0 radical (unpaired) electrons. The van der Waals surface area contributed by atoms with Gasteiger partial charge in [-0.05, 0) is 82.3 Å². The average molecular weight is 819 g/mol. The van der Waals surface area contributed by atoms with Crippen LogP contribution in [0.25, 0.3) is 106 Å². The van der Waals surface area contributed by atoms with Crippen LogP contribution in [0.2, 0.25) is 0 Å². The molecule has 0 spiro atoms. The number of para-hydroxylation sites is 3. The second-order valence-electron chi connectivity index (χ2n) is 16.7. The highest BCUT2D eigenvalue weighted by molar-refractivity contribution is 6.13.